The van der Waals surface area contributed by atoms with Gasteiger partial charge in [0.1, 0.15) is 11.3 Å². The molecule has 0 radical (unpaired) electrons. The lowest BCUT2D eigenvalue weighted by atomic mass is 9.86. The molecule has 10 heteroatoms. The Balaban J connectivity index is 1.38. The topological polar surface area (TPSA) is 88.6 Å². The van der Waals surface area contributed by atoms with Gasteiger partial charge in [-0.25, -0.2) is 4.79 Å². The number of alkyl halides is 3. The summed E-state index contributed by atoms with van der Waals surface area (Å²) in [6, 6.07) is 0. The molecular formula is C23H26F3N3O4. The number of aromatic carboxylic acids is 1. The molecule has 1 N–H and O–H groups in total. The Morgan fingerprint density at radius 3 is 2.52 bits per heavy atom. The van der Waals surface area contributed by atoms with Crippen LogP contribution in [0.25, 0.3) is 11.3 Å². The number of likely N-dealkylation sites (tertiary alicyclic amines) is 1. The van der Waals surface area contributed by atoms with Crippen molar-refractivity contribution in [2.45, 2.75) is 64.6 Å². The summed E-state index contributed by atoms with van der Waals surface area (Å²) in [7, 11) is 0. The Bertz CT molecular complexity index is 1120. The number of halogens is 3. The summed E-state index contributed by atoms with van der Waals surface area (Å²) in [5.74, 6) is -2.46. The zero-order chi connectivity index (χ0) is 23.7. The van der Waals surface area contributed by atoms with Crippen molar-refractivity contribution in [2.24, 2.45) is 11.3 Å². The number of carbonyl (C=O) groups is 2. The molecule has 0 bridgehead atoms. The minimum absolute atomic E-state index is 0.0189. The molecule has 1 saturated heterocycles. The number of aromatic nitrogens is 2. The number of carboxylic acid groups (broad SMARTS) is 1. The predicted octanol–water partition coefficient (Wildman–Crippen LogP) is 4.56. The van der Waals surface area contributed by atoms with E-state index in [1.54, 1.807) is 10.9 Å². The third-order valence-electron chi connectivity index (χ3n) is 7.37. The van der Waals surface area contributed by atoms with Crippen molar-refractivity contribution in [1.29, 1.82) is 0 Å². The fourth-order valence-electron chi connectivity index (χ4n) is 5.13. The van der Waals surface area contributed by atoms with Gasteiger partial charge in [0.05, 0.1) is 11.3 Å². The van der Waals surface area contributed by atoms with Crippen LogP contribution in [0.4, 0.5) is 13.2 Å². The number of hydrogen-bond donors (Lipinski definition) is 1. The summed E-state index contributed by atoms with van der Waals surface area (Å²) in [6.45, 7) is 5.78. The van der Waals surface area contributed by atoms with Gasteiger partial charge in [0.15, 0.2) is 0 Å². The zero-order valence-corrected chi connectivity index (χ0v) is 18.5. The largest absolute Gasteiger partial charge is 0.475 e. The number of carbonyl (C=O) groups excluding carboxylic acids is 1. The average Bonchev–Trinajstić information content (AvgIpc) is 3.17. The Morgan fingerprint density at radius 1 is 1.27 bits per heavy atom. The van der Waals surface area contributed by atoms with Crippen molar-refractivity contribution in [3.63, 3.8) is 0 Å². The van der Waals surface area contributed by atoms with Crippen LogP contribution in [0.3, 0.4) is 0 Å². The maximum absolute atomic E-state index is 13.8. The lowest BCUT2D eigenvalue weighted by molar-refractivity contribution is -0.138. The highest BCUT2D eigenvalue weighted by Crippen LogP contribution is 2.49. The molecule has 1 amide bonds. The summed E-state index contributed by atoms with van der Waals surface area (Å²) in [5.41, 5.74) is -0.868. The van der Waals surface area contributed by atoms with Gasteiger partial charge in [0.25, 0.3) is 0 Å². The average molecular weight is 465 g/mol. The number of fused-ring (bicyclic) bond motifs is 3. The second-order valence-electron chi connectivity index (χ2n) is 9.96. The van der Waals surface area contributed by atoms with Crippen LogP contribution in [-0.4, -0.2) is 44.8 Å². The van der Waals surface area contributed by atoms with Crippen molar-refractivity contribution in [2.75, 3.05) is 13.1 Å². The Morgan fingerprint density at radius 2 is 1.94 bits per heavy atom. The fourth-order valence-corrected chi connectivity index (χ4v) is 5.13. The van der Waals surface area contributed by atoms with Crippen LogP contribution < -0.4 is 0 Å². The molecule has 7 nitrogen and oxygen atoms in total. The van der Waals surface area contributed by atoms with E-state index < -0.39 is 23.5 Å². The first-order chi connectivity index (χ1) is 15.5. The maximum atomic E-state index is 13.8. The summed E-state index contributed by atoms with van der Waals surface area (Å²) in [5, 5.41) is 13.8. The third-order valence-corrected chi connectivity index (χ3v) is 7.37. The molecule has 1 unspecified atom stereocenters. The predicted molar refractivity (Wildman–Crippen MR) is 111 cm³/mol. The second-order valence-corrected chi connectivity index (χ2v) is 9.96. The number of piperidine rings is 1. The number of rotatable bonds is 4. The molecule has 1 atom stereocenters. The van der Waals surface area contributed by atoms with Gasteiger partial charge in [-0.15, -0.1) is 0 Å². The summed E-state index contributed by atoms with van der Waals surface area (Å²) >= 11 is 0. The van der Waals surface area contributed by atoms with Gasteiger partial charge in [-0.05, 0) is 37.5 Å². The highest BCUT2D eigenvalue weighted by molar-refractivity contribution is 5.91. The van der Waals surface area contributed by atoms with Gasteiger partial charge in [0, 0.05) is 43.2 Å². The third kappa shape index (κ3) is 3.73. The number of nitrogens with zero attached hydrogens (tertiary/aromatic N) is 3. The van der Waals surface area contributed by atoms with E-state index in [9.17, 15) is 27.9 Å². The van der Waals surface area contributed by atoms with E-state index >= 15 is 0 Å². The smallest absolute Gasteiger partial charge is 0.421 e. The number of furan rings is 1. The molecule has 0 spiro atoms. The van der Waals surface area contributed by atoms with Crippen molar-refractivity contribution < 1.29 is 32.3 Å². The van der Waals surface area contributed by atoms with E-state index in [-0.39, 0.29) is 46.6 Å². The van der Waals surface area contributed by atoms with E-state index in [1.807, 2.05) is 18.7 Å². The van der Waals surface area contributed by atoms with Gasteiger partial charge >= 0.3 is 12.1 Å². The molecule has 2 aromatic rings. The monoisotopic (exact) mass is 465 g/mol. The molecule has 0 aromatic carbocycles. The molecule has 2 aromatic heterocycles. The van der Waals surface area contributed by atoms with Gasteiger partial charge in [-0.3, -0.25) is 9.48 Å². The van der Waals surface area contributed by atoms with Crippen molar-refractivity contribution in [1.82, 2.24) is 14.7 Å². The molecule has 5 rings (SSSR count). The zero-order valence-electron chi connectivity index (χ0n) is 18.5. The standard InChI is InChI=1S/C23H26F3N3O4/c1-12-9-15-16(17(23(24,25)26)19(33-15)20(30)31)18-14(12)11-29(27-18)10-13-3-7-28(8-4-13)21(32)22(2)5-6-22/h11-13H,3-10H2,1-2H3,(H,30,31). The molecule has 33 heavy (non-hydrogen) atoms. The maximum Gasteiger partial charge on any atom is 0.421 e. The first-order valence-corrected chi connectivity index (χ1v) is 11.3. The molecule has 2 aliphatic carbocycles. The van der Waals surface area contributed by atoms with Gasteiger partial charge < -0.3 is 14.4 Å². The number of hydrogen-bond acceptors (Lipinski definition) is 4. The van der Waals surface area contributed by atoms with E-state index in [4.69, 9.17) is 4.42 Å². The SMILES string of the molecule is CC1Cc2oc(C(=O)O)c(C(F)(F)F)c2-c2nn(CC3CCN(C(=O)C4(C)CC4)CC3)cc21. The Labute approximate surface area is 188 Å². The van der Waals surface area contributed by atoms with Crippen molar-refractivity contribution in [3.05, 3.63) is 28.8 Å². The van der Waals surface area contributed by atoms with Crippen LogP contribution in [0.2, 0.25) is 0 Å². The Hall–Kier alpha value is -2.78. The molecule has 2 fully saturated rings. The molecule has 3 heterocycles. The highest BCUT2D eigenvalue weighted by Gasteiger charge is 2.48. The van der Waals surface area contributed by atoms with E-state index in [0.29, 0.717) is 25.2 Å². The van der Waals surface area contributed by atoms with Crippen LogP contribution >= 0.6 is 0 Å². The van der Waals surface area contributed by atoms with Gasteiger partial charge in [-0.1, -0.05) is 13.8 Å². The van der Waals surface area contributed by atoms with Crippen LogP contribution in [0, 0.1) is 11.3 Å². The lowest BCUT2D eigenvalue weighted by Gasteiger charge is -2.33. The first-order valence-electron chi connectivity index (χ1n) is 11.3. The molecule has 178 valence electrons. The van der Waals surface area contributed by atoms with Crippen LogP contribution in [0.5, 0.6) is 0 Å². The fraction of sp³-hybridized carbons (Fsp3) is 0.609. The Kier molecular flexibility index (Phi) is 4.92. The van der Waals surface area contributed by atoms with Crippen LogP contribution in [0.1, 0.15) is 72.9 Å². The van der Waals surface area contributed by atoms with Crippen molar-refractivity contribution in [3.8, 4) is 11.3 Å². The first kappa shape index (κ1) is 22.0. The van der Waals surface area contributed by atoms with Gasteiger partial charge in [-0.2, -0.15) is 18.3 Å². The number of carboxylic acids is 1. The summed E-state index contributed by atoms with van der Waals surface area (Å²) < 4.78 is 48.2. The molecule has 1 saturated carbocycles. The van der Waals surface area contributed by atoms with E-state index in [2.05, 4.69) is 5.10 Å². The van der Waals surface area contributed by atoms with Crippen LogP contribution in [-0.2, 0) is 23.9 Å². The lowest BCUT2D eigenvalue weighted by Crippen LogP contribution is -2.42. The number of amides is 1. The minimum atomic E-state index is -4.87. The highest BCUT2D eigenvalue weighted by atomic mass is 19.4. The molecule has 1 aliphatic heterocycles. The normalized spacial score (nSPS) is 22.1. The quantitative estimate of drug-likeness (QED) is 0.715. The molecular weight excluding hydrogens is 439 g/mol. The minimum Gasteiger partial charge on any atom is -0.475 e. The van der Waals surface area contributed by atoms with Crippen molar-refractivity contribution >= 4 is 11.9 Å². The summed E-state index contributed by atoms with van der Waals surface area (Å²) in [4.78, 5) is 25.9. The van der Waals surface area contributed by atoms with Crippen LogP contribution in [0.15, 0.2) is 10.6 Å². The molecule has 3 aliphatic rings. The summed E-state index contributed by atoms with van der Waals surface area (Å²) in [6.07, 6.45) is 0.614. The van der Waals surface area contributed by atoms with Gasteiger partial charge in [0.2, 0.25) is 11.7 Å². The van der Waals surface area contributed by atoms with E-state index in [1.165, 1.54) is 0 Å². The van der Waals surface area contributed by atoms with E-state index in [0.717, 1.165) is 25.7 Å². The second kappa shape index (κ2) is 7.36.